The summed E-state index contributed by atoms with van der Waals surface area (Å²) < 4.78 is 5.39. The van der Waals surface area contributed by atoms with E-state index in [2.05, 4.69) is 24.5 Å². The molecule has 0 aromatic carbocycles. The molecule has 0 aromatic heterocycles. The Bertz CT molecular complexity index is 124. The minimum atomic E-state index is 0.785. The van der Waals surface area contributed by atoms with Crippen LogP contribution in [0, 0.1) is 5.92 Å². The molecule has 78 valence electrons. The van der Waals surface area contributed by atoms with E-state index >= 15 is 0 Å². The second-order valence-electron chi connectivity index (χ2n) is 3.86. The van der Waals surface area contributed by atoms with Gasteiger partial charge in [0.25, 0.3) is 0 Å². The average Bonchev–Trinajstić information content (AvgIpc) is 2.15. The van der Waals surface area contributed by atoms with Crippen LogP contribution in [-0.2, 0) is 4.74 Å². The lowest BCUT2D eigenvalue weighted by molar-refractivity contribution is 0.0991. The summed E-state index contributed by atoms with van der Waals surface area (Å²) in [7, 11) is 0. The van der Waals surface area contributed by atoms with Crippen molar-refractivity contribution in [1.29, 1.82) is 0 Å². The van der Waals surface area contributed by atoms with Gasteiger partial charge in [-0.1, -0.05) is 6.92 Å². The summed E-state index contributed by atoms with van der Waals surface area (Å²) in [6, 6.07) is 0. The molecule has 0 N–H and O–H groups in total. The molecule has 2 nitrogen and oxygen atoms in total. The SMILES string of the molecule is CC1CCN(CCOCCS)CC1. The molecule has 3 heteroatoms. The maximum Gasteiger partial charge on any atom is 0.0593 e. The summed E-state index contributed by atoms with van der Waals surface area (Å²) in [6.07, 6.45) is 2.71. The number of piperidine rings is 1. The highest BCUT2D eigenvalue weighted by atomic mass is 32.1. The fourth-order valence-electron chi connectivity index (χ4n) is 1.65. The Morgan fingerprint density at radius 2 is 2.00 bits per heavy atom. The standard InChI is InChI=1S/C10H21NOS/c1-10-2-4-11(5-3-10)6-7-12-8-9-13/h10,13H,2-9H2,1H3. The van der Waals surface area contributed by atoms with Crippen molar-refractivity contribution in [3.8, 4) is 0 Å². The predicted octanol–water partition coefficient (Wildman–Crippen LogP) is 1.66. The average molecular weight is 203 g/mol. The van der Waals surface area contributed by atoms with Crippen molar-refractivity contribution in [2.75, 3.05) is 38.6 Å². The number of thiol groups is 1. The van der Waals surface area contributed by atoms with Crippen LogP contribution in [0.3, 0.4) is 0 Å². The molecule has 0 aromatic rings. The Morgan fingerprint density at radius 1 is 1.31 bits per heavy atom. The van der Waals surface area contributed by atoms with Gasteiger partial charge in [0.1, 0.15) is 0 Å². The van der Waals surface area contributed by atoms with Crippen LogP contribution in [0.2, 0.25) is 0 Å². The van der Waals surface area contributed by atoms with Crippen molar-refractivity contribution < 1.29 is 4.74 Å². The Morgan fingerprint density at radius 3 is 2.62 bits per heavy atom. The first kappa shape index (κ1) is 11.3. The topological polar surface area (TPSA) is 12.5 Å². The fraction of sp³-hybridized carbons (Fsp3) is 1.00. The Balaban J connectivity index is 1.96. The van der Waals surface area contributed by atoms with Crippen LogP contribution >= 0.6 is 12.6 Å². The van der Waals surface area contributed by atoms with Crippen molar-refractivity contribution >= 4 is 12.6 Å². The monoisotopic (exact) mass is 203 g/mol. The van der Waals surface area contributed by atoms with E-state index in [1.54, 1.807) is 0 Å². The Labute approximate surface area is 87.0 Å². The third kappa shape index (κ3) is 4.89. The highest BCUT2D eigenvalue weighted by Crippen LogP contribution is 2.15. The predicted molar refractivity (Wildman–Crippen MR) is 59.5 cm³/mol. The molecule has 0 bridgehead atoms. The van der Waals surface area contributed by atoms with Crippen LogP contribution in [0.4, 0.5) is 0 Å². The van der Waals surface area contributed by atoms with Crippen LogP contribution < -0.4 is 0 Å². The van der Waals surface area contributed by atoms with Crippen LogP contribution in [-0.4, -0.2) is 43.5 Å². The molecule has 1 saturated heterocycles. The molecule has 1 heterocycles. The van der Waals surface area contributed by atoms with Gasteiger partial charge in [0.15, 0.2) is 0 Å². The number of ether oxygens (including phenoxy) is 1. The normalized spacial score (nSPS) is 20.8. The van der Waals surface area contributed by atoms with Crippen LogP contribution in [0.15, 0.2) is 0 Å². The fourth-order valence-corrected chi connectivity index (χ4v) is 1.78. The molecule has 0 radical (unpaired) electrons. The molecule has 1 aliphatic heterocycles. The zero-order valence-corrected chi connectivity index (χ0v) is 9.43. The number of hydrogen-bond acceptors (Lipinski definition) is 3. The minimum absolute atomic E-state index is 0.785. The summed E-state index contributed by atoms with van der Waals surface area (Å²) in [5, 5.41) is 0. The number of rotatable bonds is 5. The van der Waals surface area contributed by atoms with Gasteiger partial charge in [0.05, 0.1) is 13.2 Å². The van der Waals surface area contributed by atoms with Crippen molar-refractivity contribution in [1.82, 2.24) is 4.90 Å². The molecule has 0 amide bonds. The van der Waals surface area contributed by atoms with Crippen molar-refractivity contribution in [3.63, 3.8) is 0 Å². The molecule has 0 saturated carbocycles. The molecule has 0 spiro atoms. The second kappa shape index (κ2) is 6.68. The summed E-state index contributed by atoms with van der Waals surface area (Å²) >= 11 is 4.09. The van der Waals surface area contributed by atoms with Crippen molar-refractivity contribution in [2.45, 2.75) is 19.8 Å². The van der Waals surface area contributed by atoms with Gasteiger partial charge in [0.2, 0.25) is 0 Å². The first-order valence-corrected chi connectivity index (χ1v) is 5.87. The van der Waals surface area contributed by atoms with Crippen LogP contribution in [0.5, 0.6) is 0 Å². The van der Waals surface area contributed by atoms with Gasteiger partial charge < -0.3 is 9.64 Å². The number of nitrogens with zero attached hydrogens (tertiary/aromatic N) is 1. The quantitative estimate of drug-likeness (QED) is 0.539. The minimum Gasteiger partial charge on any atom is -0.379 e. The summed E-state index contributed by atoms with van der Waals surface area (Å²) in [4.78, 5) is 2.50. The first-order chi connectivity index (χ1) is 6.33. The lowest BCUT2D eigenvalue weighted by atomic mass is 9.99. The zero-order chi connectivity index (χ0) is 9.52. The van der Waals surface area contributed by atoms with Crippen molar-refractivity contribution in [3.05, 3.63) is 0 Å². The molecule has 0 unspecified atom stereocenters. The van der Waals surface area contributed by atoms with E-state index in [1.807, 2.05) is 0 Å². The maximum atomic E-state index is 5.39. The molecular formula is C10H21NOS. The molecule has 0 aliphatic carbocycles. The second-order valence-corrected chi connectivity index (χ2v) is 4.31. The van der Waals surface area contributed by atoms with Gasteiger partial charge in [-0.2, -0.15) is 12.6 Å². The van der Waals surface area contributed by atoms with E-state index in [9.17, 15) is 0 Å². The third-order valence-corrected chi connectivity index (χ3v) is 2.85. The van der Waals surface area contributed by atoms with Gasteiger partial charge in [-0.05, 0) is 31.8 Å². The first-order valence-electron chi connectivity index (χ1n) is 5.24. The van der Waals surface area contributed by atoms with Gasteiger partial charge in [-0.3, -0.25) is 0 Å². The van der Waals surface area contributed by atoms with Crippen molar-refractivity contribution in [2.24, 2.45) is 5.92 Å². The highest BCUT2D eigenvalue weighted by Gasteiger charge is 2.14. The lowest BCUT2D eigenvalue weighted by Crippen LogP contribution is -2.35. The molecule has 13 heavy (non-hydrogen) atoms. The number of hydrogen-bond donors (Lipinski definition) is 1. The zero-order valence-electron chi connectivity index (χ0n) is 8.54. The van der Waals surface area contributed by atoms with Gasteiger partial charge in [0, 0.05) is 12.3 Å². The van der Waals surface area contributed by atoms with E-state index in [-0.39, 0.29) is 0 Å². The van der Waals surface area contributed by atoms with E-state index < -0.39 is 0 Å². The summed E-state index contributed by atoms with van der Waals surface area (Å²) in [5.74, 6) is 1.76. The highest BCUT2D eigenvalue weighted by molar-refractivity contribution is 7.80. The van der Waals surface area contributed by atoms with Crippen LogP contribution in [0.25, 0.3) is 0 Å². The molecule has 0 atom stereocenters. The van der Waals surface area contributed by atoms with Gasteiger partial charge >= 0.3 is 0 Å². The smallest absolute Gasteiger partial charge is 0.0593 e. The van der Waals surface area contributed by atoms with Gasteiger partial charge in [-0.25, -0.2) is 0 Å². The van der Waals surface area contributed by atoms with E-state index in [0.29, 0.717) is 0 Å². The lowest BCUT2D eigenvalue weighted by Gasteiger charge is -2.29. The largest absolute Gasteiger partial charge is 0.379 e. The summed E-state index contributed by atoms with van der Waals surface area (Å²) in [6.45, 7) is 7.61. The molecule has 1 rings (SSSR count). The van der Waals surface area contributed by atoms with E-state index in [0.717, 1.165) is 31.4 Å². The van der Waals surface area contributed by atoms with E-state index in [1.165, 1.54) is 25.9 Å². The summed E-state index contributed by atoms with van der Waals surface area (Å²) in [5.41, 5.74) is 0. The number of likely N-dealkylation sites (tertiary alicyclic amines) is 1. The Kier molecular flexibility index (Phi) is 5.83. The molecule has 1 aliphatic rings. The Hall–Kier alpha value is 0.270. The molecular weight excluding hydrogens is 182 g/mol. The van der Waals surface area contributed by atoms with Crippen LogP contribution in [0.1, 0.15) is 19.8 Å². The third-order valence-electron chi connectivity index (χ3n) is 2.66. The van der Waals surface area contributed by atoms with Gasteiger partial charge in [-0.15, -0.1) is 0 Å². The molecule has 1 fully saturated rings. The maximum absolute atomic E-state index is 5.39. The van der Waals surface area contributed by atoms with E-state index in [4.69, 9.17) is 4.74 Å².